The fourth-order valence-corrected chi connectivity index (χ4v) is 1.73. The SMILES string of the molecule is COc1cc(Cl)ccc1C(=O)NNC(=O)c1cc(C)no1. The highest BCUT2D eigenvalue weighted by molar-refractivity contribution is 6.30. The zero-order valence-electron chi connectivity index (χ0n) is 11.3. The van der Waals surface area contributed by atoms with E-state index in [0.717, 1.165) is 0 Å². The molecule has 0 radical (unpaired) electrons. The van der Waals surface area contributed by atoms with Gasteiger partial charge in [-0.05, 0) is 25.1 Å². The van der Waals surface area contributed by atoms with E-state index in [1.807, 2.05) is 0 Å². The van der Waals surface area contributed by atoms with Gasteiger partial charge in [0.2, 0.25) is 5.76 Å². The Morgan fingerprint density at radius 1 is 1.24 bits per heavy atom. The summed E-state index contributed by atoms with van der Waals surface area (Å²) < 4.78 is 9.82. The molecule has 2 N–H and O–H groups in total. The van der Waals surface area contributed by atoms with Crippen LogP contribution in [0.5, 0.6) is 5.75 Å². The second kappa shape index (κ2) is 6.27. The van der Waals surface area contributed by atoms with Crippen LogP contribution in [0.15, 0.2) is 28.8 Å². The fraction of sp³-hybridized carbons (Fsp3) is 0.154. The van der Waals surface area contributed by atoms with E-state index >= 15 is 0 Å². The Balaban J connectivity index is 2.03. The zero-order chi connectivity index (χ0) is 15.4. The van der Waals surface area contributed by atoms with Crippen molar-refractivity contribution in [2.75, 3.05) is 7.11 Å². The van der Waals surface area contributed by atoms with Gasteiger partial charge in [0.1, 0.15) is 5.75 Å². The van der Waals surface area contributed by atoms with Gasteiger partial charge in [-0.25, -0.2) is 0 Å². The molecule has 0 aliphatic heterocycles. The summed E-state index contributed by atoms with van der Waals surface area (Å²) in [7, 11) is 1.41. The normalized spacial score (nSPS) is 10.0. The summed E-state index contributed by atoms with van der Waals surface area (Å²) in [4.78, 5) is 23.7. The maximum absolute atomic E-state index is 12.0. The van der Waals surface area contributed by atoms with Crippen LogP contribution in [0.2, 0.25) is 5.02 Å². The lowest BCUT2D eigenvalue weighted by molar-refractivity contribution is 0.0823. The molecule has 0 saturated carbocycles. The molecule has 0 atom stereocenters. The van der Waals surface area contributed by atoms with E-state index in [0.29, 0.717) is 16.5 Å². The number of methoxy groups -OCH3 is 1. The van der Waals surface area contributed by atoms with Crippen LogP contribution < -0.4 is 15.6 Å². The molecule has 110 valence electrons. The van der Waals surface area contributed by atoms with Crippen molar-refractivity contribution in [1.82, 2.24) is 16.0 Å². The first kappa shape index (κ1) is 14.9. The second-order valence-electron chi connectivity index (χ2n) is 4.09. The van der Waals surface area contributed by atoms with Gasteiger partial charge in [0.25, 0.3) is 5.91 Å². The van der Waals surface area contributed by atoms with E-state index < -0.39 is 11.8 Å². The fourth-order valence-electron chi connectivity index (χ4n) is 1.57. The van der Waals surface area contributed by atoms with Crippen LogP contribution in [0, 0.1) is 6.92 Å². The molecule has 0 saturated heterocycles. The van der Waals surface area contributed by atoms with Crippen LogP contribution >= 0.6 is 11.6 Å². The van der Waals surface area contributed by atoms with Crippen molar-refractivity contribution in [3.05, 3.63) is 46.3 Å². The first-order chi connectivity index (χ1) is 10.0. The number of carbonyl (C=O) groups excluding carboxylic acids is 2. The number of halogens is 1. The van der Waals surface area contributed by atoms with E-state index in [-0.39, 0.29) is 11.3 Å². The van der Waals surface area contributed by atoms with Crippen molar-refractivity contribution in [1.29, 1.82) is 0 Å². The number of aryl methyl sites for hydroxylation is 1. The minimum atomic E-state index is -0.614. The van der Waals surface area contributed by atoms with Crippen molar-refractivity contribution in [2.45, 2.75) is 6.92 Å². The monoisotopic (exact) mass is 309 g/mol. The summed E-state index contributed by atoms with van der Waals surface area (Å²) in [5, 5.41) is 4.01. The quantitative estimate of drug-likeness (QED) is 0.842. The third-order valence-electron chi connectivity index (χ3n) is 2.55. The molecule has 2 amide bonds. The number of amides is 2. The molecular weight excluding hydrogens is 298 g/mol. The number of hydrogen-bond donors (Lipinski definition) is 2. The Hall–Kier alpha value is -2.54. The van der Waals surface area contributed by atoms with Gasteiger partial charge in [-0.15, -0.1) is 0 Å². The third-order valence-corrected chi connectivity index (χ3v) is 2.78. The summed E-state index contributed by atoms with van der Waals surface area (Å²) >= 11 is 5.81. The smallest absolute Gasteiger partial charge is 0.308 e. The summed E-state index contributed by atoms with van der Waals surface area (Å²) in [5.74, 6) is -0.870. The Morgan fingerprint density at radius 3 is 2.57 bits per heavy atom. The molecule has 21 heavy (non-hydrogen) atoms. The molecular formula is C13H12ClN3O4. The number of carbonyl (C=O) groups is 2. The number of nitrogens with zero attached hydrogens (tertiary/aromatic N) is 1. The van der Waals surface area contributed by atoms with Crippen molar-refractivity contribution >= 4 is 23.4 Å². The molecule has 1 aromatic carbocycles. The van der Waals surface area contributed by atoms with Crippen LogP contribution in [0.4, 0.5) is 0 Å². The van der Waals surface area contributed by atoms with Gasteiger partial charge in [-0.2, -0.15) is 0 Å². The Kier molecular flexibility index (Phi) is 4.44. The lowest BCUT2D eigenvalue weighted by Gasteiger charge is -2.09. The van der Waals surface area contributed by atoms with Crippen molar-refractivity contribution in [3.63, 3.8) is 0 Å². The van der Waals surface area contributed by atoms with Crippen LogP contribution in [-0.4, -0.2) is 24.1 Å². The molecule has 0 aliphatic carbocycles. The number of aromatic nitrogens is 1. The maximum atomic E-state index is 12.0. The number of ether oxygens (including phenoxy) is 1. The first-order valence-corrected chi connectivity index (χ1v) is 6.26. The average Bonchev–Trinajstić information content (AvgIpc) is 2.90. The van der Waals surface area contributed by atoms with Gasteiger partial charge in [-0.3, -0.25) is 20.4 Å². The molecule has 0 unspecified atom stereocenters. The van der Waals surface area contributed by atoms with Crippen molar-refractivity contribution in [3.8, 4) is 5.75 Å². The summed E-state index contributed by atoms with van der Waals surface area (Å²) in [5.41, 5.74) is 5.26. The Morgan fingerprint density at radius 2 is 1.95 bits per heavy atom. The van der Waals surface area contributed by atoms with E-state index in [1.165, 1.54) is 25.3 Å². The zero-order valence-corrected chi connectivity index (χ0v) is 12.0. The number of rotatable bonds is 3. The Labute approximate surface area is 125 Å². The average molecular weight is 310 g/mol. The molecule has 8 heteroatoms. The van der Waals surface area contributed by atoms with E-state index in [1.54, 1.807) is 13.0 Å². The van der Waals surface area contributed by atoms with Gasteiger partial charge in [0.05, 0.1) is 18.4 Å². The van der Waals surface area contributed by atoms with Gasteiger partial charge < -0.3 is 9.26 Å². The van der Waals surface area contributed by atoms with Gasteiger partial charge in [0.15, 0.2) is 0 Å². The van der Waals surface area contributed by atoms with Crippen molar-refractivity contribution in [2.24, 2.45) is 0 Å². The highest BCUT2D eigenvalue weighted by atomic mass is 35.5. The molecule has 1 aromatic heterocycles. The minimum Gasteiger partial charge on any atom is -0.496 e. The van der Waals surface area contributed by atoms with Gasteiger partial charge >= 0.3 is 5.91 Å². The summed E-state index contributed by atoms with van der Waals surface area (Å²) in [6.07, 6.45) is 0. The molecule has 2 rings (SSSR count). The van der Waals surface area contributed by atoms with E-state index in [2.05, 4.69) is 16.0 Å². The lowest BCUT2D eigenvalue weighted by Crippen LogP contribution is -2.41. The summed E-state index contributed by atoms with van der Waals surface area (Å²) in [6.45, 7) is 1.68. The van der Waals surface area contributed by atoms with E-state index in [4.69, 9.17) is 20.9 Å². The molecule has 0 aliphatic rings. The van der Waals surface area contributed by atoms with E-state index in [9.17, 15) is 9.59 Å². The topological polar surface area (TPSA) is 93.5 Å². The van der Waals surface area contributed by atoms with Gasteiger partial charge in [0, 0.05) is 11.1 Å². The van der Waals surface area contributed by atoms with Crippen LogP contribution in [0.3, 0.4) is 0 Å². The second-order valence-corrected chi connectivity index (χ2v) is 4.52. The minimum absolute atomic E-state index is 0.00382. The molecule has 0 spiro atoms. The molecule has 1 heterocycles. The highest BCUT2D eigenvalue weighted by Crippen LogP contribution is 2.22. The summed E-state index contributed by atoms with van der Waals surface area (Å²) in [6, 6.07) is 5.98. The predicted molar refractivity (Wildman–Crippen MR) is 74.2 cm³/mol. The lowest BCUT2D eigenvalue weighted by atomic mass is 10.2. The molecule has 0 fully saturated rings. The third kappa shape index (κ3) is 3.51. The number of hydrogen-bond acceptors (Lipinski definition) is 5. The van der Waals surface area contributed by atoms with Crippen molar-refractivity contribution < 1.29 is 18.8 Å². The molecule has 7 nitrogen and oxygen atoms in total. The molecule has 0 bridgehead atoms. The molecule has 2 aromatic rings. The number of hydrazine groups is 1. The Bertz CT molecular complexity index is 684. The number of benzene rings is 1. The standard InChI is InChI=1S/C13H12ClN3O4/c1-7-5-11(21-17-7)13(19)16-15-12(18)9-4-3-8(14)6-10(9)20-2/h3-6H,1-2H3,(H,15,18)(H,16,19). The van der Waals surface area contributed by atoms with Crippen LogP contribution in [0.25, 0.3) is 0 Å². The number of nitrogens with one attached hydrogen (secondary N) is 2. The van der Waals surface area contributed by atoms with Gasteiger partial charge in [-0.1, -0.05) is 16.8 Å². The van der Waals surface area contributed by atoms with Crippen LogP contribution in [0.1, 0.15) is 26.6 Å². The highest BCUT2D eigenvalue weighted by Gasteiger charge is 2.16. The van der Waals surface area contributed by atoms with Crippen LogP contribution in [-0.2, 0) is 0 Å². The largest absolute Gasteiger partial charge is 0.496 e. The maximum Gasteiger partial charge on any atom is 0.308 e. The first-order valence-electron chi connectivity index (χ1n) is 5.89. The predicted octanol–water partition coefficient (Wildman–Crippen LogP) is 1.72.